The van der Waals surface area contributed by atoms with E-state index in [-0.39, 0.29) is 67.0 Å². The van der Waals surface area contributed by atoms with Gasteiger partial charge in [-0.15, -0.1) is 11.5 Å². The molecule has 73 heavy (non-hydrogen) atoms. The van der Waals surface area contributed by atoms with Crippen molar-refractivity contribution in [1.29, 1.82) is 0 Å². The van der Waals surface area contributed by atoms with E-state index in [4.69, 9.17) is 4.47 Å². The Balaban J connectivity index is 0.000000300. The van der Waals surface area contributed by atoms with Gasteiger partial charge in [0, 0.05) is 25.7 Å². The average molecular weight is 1220 g/mol. The summed E-state index contributed by atoms with van der Waals surface area (Å²) < 4.78 is 17.2. The number of hydrogen-bond donors (Lipinski definition) is 4. The average Bonchev–Trinajstić information content (AvgIpc) is 3.24. The molecule has 6 aromatic rings. The number of rotatable bonds is 8. The van der Waals surface area contributed by atoms with Crippen molar-refractivity contribution in [3.8, 4) is 34.5 Å². The molecule has 0 saturated carbocycles. The second-order valence-corrected chi connectivity index (χ2v) is 26.6. The molecule has 0 fully saturated rings. The van der Waals surface area contributed by atoms with Gasteiger partial charge < -0.3 is 30.6 Å². The second-order valence-electron chi connectivity index (χ2n) is 25.9. The molecule has 0 spiro atoms. The number of hydrogen-bond acceptors (Lipinski definition) is 8. The normalized spacial score (nSPS) is 12.3. The Morgan fingerprint density at radius 2 is 0.507 bits per heavy atom. The van der Waals surface area contributed by atoms with Gasteiger partial charge in [-0.05, 0) is 111 Å². The molecule has 0 aliphatic carbocycles. The molecule has 0 aliphatic rings. The van der Waals surface area contributed by atoms with Gasteiger partial charge in [-0.3, -0.25) is 0 Å². The first-order valence-electron chi connectivity index (χ1n) is 25.3. The van der Waals surface area contributed by atoms with Crippen LogP contribution in [-0.4, -0.2) is 20.4 Å². The maximum absolute atomic E-state index is 12.7. The van der Waals surface area contributed by atoms with Gasteiger partial charge in [0.05, 0.1) is 0 Å². The van der Waals surface area contributed by atoms with E-state index < -0.39 is 27.8 Å². The fraction of sp³-hybridized carbons (Fsp3) is 0.438. The third kappa shape index (κ3) is 16.4. The Morgan fingerprint density at radius 1 is 0.315 bits per heavy atom. The van der Waals surface area contributed by atoms with E-state index in [0.29, 0.717) is 36.8 Å². The van der Waals surface area contributed by atoms with Crippen molar-refractivity contribution in [2.75, 3.05) is 0 Å². The van der Waals surface area contributed by atoms with Crippen molar-refractivity contribution in [2.45, 2.75) is 183 Å². The molecule has 6 aromatic carbocycles. The van der Waals surface area contributed by atoms with Crippen LogP contribution in [0.25, 0.3) is 0 Å². The molecule has 6 rings (SSSR count). The minimum atomic E-state index is -2.51. The van der Waals surface area contributed by atoms with Crippen LogP contribution in [0.2, 0.25) is 0 Å². The summed E-state index contributed by atoms with van der Waals surface area (Å²) in [7, 11) is 0. The summed E-state index contributed by atoms with van der Waals surface area (Å²) in [6.07, 6.45) is 1.54. The Labute approximate surface area is 452 Å². The van der Waals surface area contributed by atoms with Gasteiger partial charge in [0.25, 0.3) is 0 Å². The zero-order valence-electron chi connectivity index (χ0n) is 47.0. The van der Waals surface area contributed by atoms with Crippen LogP contribution in [0.4, 0.5) is 0 Å². The predicted octanol–water partition coefficient (Wildman–Crippen LogP) is 14.3. The number of aromatic hydroxyl groups is 4. The van der Waals surface area contributed by atoms with E-state index in [1.54, 1.807) is 24.3 Å². The van der Waals surface area contributed by atoms with Crippen LogP contribution in [0.1, 0.15) is 203 Å². The maximum atomic E-state index is 12.7. The SMILES string of the molecule is CC(C)(C)c1ccc([O-])c(Cc2cc(C(C)(C)C)cc(Cc3cc(C(C)(C)C)ccc3O)c2O)c1.CC(C)(C)c1ccc([O-])c(Cc2cc(C(C)(C)C)cc(Cc3cc(C(C)(C)C)ccc3O)c2O)c1.[O]=[U]=[O]. The summed E-state index contributed by atoms with van der Waals surface area (Å²) >= 11 is -2.51. The fourth-order valence-electron chi connectivity index (χ4n) is 8.50. The van der Waals surface area contributed by atoms with Crippen molar-refractivity contribution in [1.82, 2.24) is 0 Å². The third-order valence-electron chi connectivity index (χ3n) is 13.5. The Hall–Kier alpha value is -5.23. The molecule has 0 unspecified atom stereocenters. The number of phenolic OH excluding ortho intramolecular Hbond substituents is 4. The van der Waals surface area contributed by atoms with Crippen molar-refractivity contribution in [3.05, 3.63) is 175 Å². The standard InChI is InChI=1S/2C32H42O3.2O.U/c2*1-30(2,3)24-10-12-27(33)20(16-24)14-22-18-26(32(7,8)9)19-23(29(22)35)15-21-17-25(31(4,5)6)11-13-28(21)34;;;/h2*10-13,16-19,33-35H,14-15H2,1-9H3;;;/p-2. The summed E-state index contributed by atoms with van der Waals surface area (Å²) in [5.41, 5.74) is 12.0. The van der Waals surface area contributed by atoms with E-state index in [0.717, 1.165) is 66.8 Å². The zero-order chi connectivity index (χ0) is 55.4. The molecule has 0 radical (unpaired) electrons. The van der Waals surface area contributed by atoms with E-state index in [1.807, 2.05) is 72.8 Å². The topological polar surface area (TPSA) is 161 Å². The molecular formula is C64H82O8U-2. The summed E-state index contributed by atoms with van der Waals surface area (Å²) in [5, 5.41) is 69.4. The van der Waals surface area contributed by atoms with Crippen LogP contribution in [0, 0.1) is 27.8 Å². The quantitative estimate of drug-likeness (QED) is 0.117. The van der Waals surface area contributed by atoms with Crippen molar-refractivity contribution >= 4 is 0 Å². The monoisotopic (exact) mass is 1220 g/mol. The molecule has 8 nitrogen and oxygen atoms in total. The van der Waals surface area contributed by atoms with Crippen molar-refractivity contribution in [3.63, 3.8) is 0 Å². The van der Waals surface area contributed by atoms with Gasteiger partial charge in [-0.1, -0.05) is 221 Å². The van der Waals surface area contributed by atoms with E-state index in [1.165, 1.54) is 0 Å². The summed E-state index contributed by atoms with van der Waals surface area (Å²) in [4.78, 5) is 0. The summed E-state index contributed by atoms with van der Waals surface area (Å²) in [5.74, 6) is 0.796. The second kappa shape index (κ2) is 23.1. The van der Waals surface area contributed by atoms with Crippen LogP contribution in [0.15, 0.2) is 97.1 Å². The van der Waals surface area contributed by atoms with Crippen molar-refractivity contribution < 1.29 is 62.9 Å². The zero-order valence-corrected chi connectivity index (χ0v) is 51.2. The Bertz CT molecular complexity index is 2560. The summed E-state index contributed by atoms with van der Waals surface area (Å²) in [6, 6.07) is 30.6. The molecule has 0 atom stereocenters. The molecule has 392 valence electrons. The van der Waals surface area contributed by atoms with E-state index in [2.05, 4.69) is 125 Å². The predicted molar refractivity (Wildman–Crippen MR) is 289 cm³/mol. The molecule has 0 aliphatic heterocycles. The van der Waals surface area contributed by atoms with E-state index >= 15 is 0 Å². The molecule has 0 amide bonds. The van der Waals surface area contributed by atoms with Gasteiger partial charge in [-0.25, -0.2) is 0 Å². The molecule has 4 N–H and O–H groups in total. The number of benzene rings is 6. The van der Waals surface area contributed by atoms with Gasteiger partial charge >= 0.3 is 32.3 Å². The molecule has 0 saturated heterocycles. The van der Waals surface area contributed by atoms with Crippen LogP contribution < -0.4 is 10.2 Å². The molecular weight excluding hydrogens is 1130 g/mol. The first-order valence-corrected chi connectivity index (χ1v) is 28.7. The van der Waals surface area contributed by atoms with Crippen LogP contribution in [0.3, 0.4) is 0 Å². The van der Waals surface area contributed by atoms with Gasteiger partial charge in [0.2, 0.25) is 0 Å². The first kappa shape index (κ1) is 60.3. The minimum absolute atomic E-state index is 0.0179. The van der Waals surface area contributed by atoms with Crippen LogP contribution in [-0.2, 0) is 62.6 Å². The Morgan fingerprint density at radius 3 is 0.740 bits per heavy atom. The summed E-state index contributed by atoms with van der Waals surface area (Å²) in [6.45, 7) is 38.5. The van der Waals surface area contributed by atoms with Crippen LogP contribution in [0.5, 0.6) is 34.5 Å². The number of phenols is 4. The van der Waals surface area contributed by atoms with E-state index in [9.17, 15) is 30.6 Å². The molecule has 0 bridgehead atoms. The van der Waals surface area contributed by atoms with Gasteiger partial charge in [0.15, 0.2) is 0 Å². The van der Waals surface area contributed by atoms with Gasteiger partial charge in [-0.2, -0.15) is 0 Å². The fourth-order valence-corrected chi connectivity index (χ4v) is 8.50. The van der Waals surface area contributed by atoms with Crippen LogP contribution >= 0.6 is 0 Å². The molecule has 0 heterocycles. The third-order valence-corrected chi connectivity index (χ3v) is 13.5. The first-order chi connectivity index (χ1) is 33.3. The van der Waals surface area contributed by atoms with Crippen molar-refractivity contribution in [2.24, 2.45) is 0 Å². The molecule has 0 aromatic heterocycles. The Kier molecular flexibility index (Phi) is 19.1. The van der Waals surface area contributed by atoms with Gasteiger partial charge in [0.1, 0.15) is 23.0 Å². The molecule has 9 heteroatoms.